The summed E-state index contributed by atoms with van der Waals surface area (Å²) in [6.45, 7) is 2.15. The highest BCUT2D eigenvalue weighted by Gasteiger charge is 2.14. The standard InChI is InChI=1S/C18H15P.C4H7ClO2/c1-4-10-16(11-5-1)19(17-12-6-2-7-13-17)18-14-8-3-9-15-18;1-2-7-4(6)3-5/h1-15H;2-3H2,1H3. The Morgan fingerprint density at radius 2 is 1.12 bits per heavy atom. The second kappa shape index (κ2) is 11.5. The van der Waals surface area contributed by atoms with Gasteiger partial charge in [-0.05, 0) is 30.8 Å². The van der Waals surface area contributed by atoms with Gasteiger partial charge in [0.25, 0.3) is 0 Å². The topological polar surface area (TPSA) is 26.3 Å². The zero-order valence-electron chi connectivity index (χ0n) is 14.7. The quantitative estimate of drug-likeness (QED) is 0.374. The van der Waals surface area contributed by atoms with Crippen molar-refractivity contribution in [3.63, 3.8) is 0 Å². The van der Waals surface area contributed by atoms with Crippen LogP contribution in [0.5, 0.6) is 0 Å². The van der Waals surface area contributed by atoms with Gasteiger partial charge in [-0.2, -0.15) is 0 Å². The van der Waals surface area contributed by atoms with Crippen molar-refractivity contribution < 1.29 is 9.53 Å². The fourth-order valence-electron chi connectivity index (χ4n) is 2.38. The summed E-state index contributed by atoms with van der Waals surface area (Å²) >= 11 is 5.06. The summed E-state index contributed by atoms with van der Waals surface area (Å²) in [5, 5.41) is 4.19. The van der Waals surface area contributed by atoms with Crippen LogP contribution < -0.4 is 15.9 Å². The van der Waals surface area contributed by atoms with Crippen LogP contribution in [-0.2, 0) is 9.53 Å². The van der Waals surface area contributed by atoms with Crippen molar-refractivity contribution in [3.8, 4) is 0 Å². The van der Waals surface area contributed by atoms with E-state index in [9.17, 15) is 4.79 Å². The average molecular weight is 385 g/mol. The molecule has 3 aromatic carbocycles. The van der Waals surface area contributed by atoms with Gasteiger partial charge in [-0.3, -0.25) is 4.79 Å². The predicted octanol–water partition coefficient (Wildman–Crippen LogP) is 4.23. The highest BCUT2D eigenvalue weighted by molar-refractivity contribution is 7.79. The summed E-state index contributed by atoms with van der Waals surface area (Å²) in [5.41, 5.74) is 0. The third-order valence-electron chi connectivity index (χ3n) is 3.46. The summed E-state index contributed by atoms with van der Waals surface area (Å²) in [4.78, 5) is 10.1. The molecule has 0 aliphatic carbocycles. The van der Waals surface area contributed by atoms with E-state index in [1.54, 1.807) is 6.92 Å². The molecule has 0 radical (unpaired) electrons. The Bertz CT molecular complexity index is 670. The summed E-state index contributed by atoms with van der Waals surface area (Å²) in [6.07, 6.45) is 0. The molecule has 0 aliphatic rings. The summed E-state index contributed by atoms with van der Waals surface area (Å²) in [7, 11) is -0.446. The van der Waals surface area contributed by atoms with Crippen molar-refractivity contribution >= 4 is 41.4 Å². The third kappa shape index (κ3) is 6.29. The maximum Gasteiger partial charge on any atom is 0.320 e. The first-order valence-electron chi connectivity index (χ1n) is 8.43. The Morgan fingerprint density at radius 1 is 0.769 bits per heavy atom. The van der Waals surface area contributed by atoms with Crippen LogP contribution in [0, 0.1) is 0 Å². The van der Waals surface area contributed by atoms with Gasteiger partial charge in [0.15, 0.2) is 0 Å². The second-order valence-electron chi connectivity index (χ2n) is 5.28. The van der Waals surface area contributed by atoms with Crippen molar-refractivity contribution in [3.05, 3.63) is 91.0 Å². The lowest BCUT2D eigenvalue weighted by Gasteiger charge is -2.18. The largest absolute Gasteiger partial charge is 0.465 e. The normalized spacial score (nSPS) is 9.96. The fourth-order valence-corrected chi connectivity index (χ4v) is 4.76. The van der Waals surface area contributed by atoms with Crippen molar-refractivity contribution in [2.45, 2.75) is 6.92 Å². The molecule has 0 amide bonds. The van der Waals surface area contributed by atoms with E-state index >= 15 is 0 Å². The van der Waals surface area contributed by atoms with E-state index in [4.69, 9.17) is 11.6 Å². The smallest absolute Gasteiger partial charge is 0.320 e. The van der Waals surface area contributed by atoms with E-state index in [2.05, 4.69) is 95.7 Å². The number of ether oxygens (including phenoxy) is 1. The van der Waals surface area contributed by atoms with E-state index in [0.29, 0.717) is 6.61 Å². The summed E-state index contributed by atoms with van der Waals surface area (Å²) < 4.78 is 4.42. The fraction of sp³-hybridized carbons (Fsp3) is 0.136. The monoisotopic (exact) mass is 384 g/mol. The lowest BCUT2D eigenvalue weighted by molar-refractivity contribution is -0.140. The molecule has 26 heavy (non-hydrogen) atoms. The van der Waals surface area contributed by atoms with Gasteiger partial charge in [0, 0.05) is 0 Å². The molecule has 0 fully saturated rings. The van der Waals surface area contributed by atoms with Crippen LogP contribution in [0.2, 0.25) is 0 Å². The number of hydrogen-bond acceptors (Lipinski definition) is 2. The molecule has 0 saturated carbocycles. The van der Waals surface area contributed by atoms with Crippen LogP contribution in [0.15, 0.2) is 91.0 Å². The molecule has 134 valence electrons. The molecule has 0 unspecified atom stereocenters. The number of benzene rings is 3. The lowest BCUT2D eigenvalue weighted by Crippen LogP contribution is -2.20. The molecule has 0 saturated heterocycles. The van der Waals surface area contributed by atoms with Crippen molar-refractivity contribution in [1.82, 2.24) is 0 Å². The van der Waals surface area contributed by atoms with Crippen molar-refractivity contribution in [1.29, 1.82) is 0 Å². The first-order chi connectivity index (χ1) is 12.8. The molecule has 0 N–H and O–H groups in total. The highest BCUT2D eigenvalue weighted by Crippen LogP contribution is 2.32. The number of alkyl halides is 1. The van der Waals surface area contributed by atoms with Crippen LogP contribution in [-0.4, -0.2) is 18.5 Å². The van der Waals surface area contributed by atoms with Crippen molar-refractivity contribution in [2.24, 2.45) is 0 Å². The first-order valence-corrected chi connectivity index (χ1v) is 10.3. The van der Waals surface area contributed by atoms with Crippen LogP contribution in [0.4, 0.5) is 0 Å². The van der Waals surface area contributed by atoms with E-state index < -0.39 is 7.92 Å². The number of carbonyl (C=O) groups is 1. The molecule has 0 aromatic heterocycles. The Hall–Kier alpha value is -2.15. The minimum absolute atomic E-state index is 0.0478. The molecule has 3 rings (SSSR count). The summed E-state index contributed by atoms with van der Waals surface area (Å²) in [6, 6.07) is 32.3. The van der Waals surface area contributed by atoms with Gasteiger partial charge in [0.2, 0.25) is 0 Å². The number of rotatable bonds is 5. The van der Waals surface area contributed by atoms with Gasteiger partial charge >= 0.3 is 5.97 Å². The molecular weight excluding hydrogens is 363 g/mol. The molecule has 0 spiro atoms. The number of carbonyl (C=O) groups excluding carboxylic acids is 1. The minimum Gasteiger partial charge on any atom is -0.465 e. The van der Waals surface area contributed by atoms with Crippen LogP contribution in [0.25, 0.3) is 0 Å². The number of esters is 1. The third-order valence-corrected chi connectivity index (χ3v) is 6.12. The van der Waals surface area contributed by atoms with Gasteiger partial charge < -0.3 is 4.74 Å². The van der Waals surface area contributed by atoms with E-state index in [0.717, 1.165) is 0 Å². The molecular formula is C22H22ClO2P. The zero-order chi connectivity index (χ0) is 18.6. The van der Waals surface area contributed by atoms with Gasteiger partial charge in [-0.1, -0.05) is 91.0 Å². The highest BCUT2D eigenvalue weighted by atomic mass is 35.5. The van der Waals surface area contributed by atoms with Gasteiger partial charge in [-0.25, -0.2) is 0 Å². The second-order valence-corrected chi connectivity index (χ2v) is 7.77. The molecule has 0 bridgehead atoms. The summed E-state index contributed by atoms with van der Waals surface area (Å²) in [5.74, 6) is -0.405. The van der Waals surface area contributed by atoms with E-state index in [1.165, 1.54) is 15.9 Å². The average Bonchev–Trinajstić information content (AvgIpc) is 2.71. The predicted molar refractivity (Wildman–Crippen MR) is 113 cm³/mol. The maximum atomic E-state index is 10.1. The Labute approximate surface area is 161 Å². The molecule has 0 heterocycles. The van der Waals surface area contributed by atoms with Crippen LogP contribution in [0.1, 0.15) is 6.92 Å². The maximum absolute atomic E-state index is 10.1. The lowest BCUT2D eigenvalue weighted by atomic mass is 10.4. The molecule has 0 aliphatic heterocycles. The Balaban J connectivity index is 0.000000298. The molecule has 2 nitrogen and oxygen atoms in total. The molecule has 4 heteroatoms. The number of halogens is 1. The van der Waals surface area contributed by atoms with Gasteiger partial charge in [0.05, 0.1) is 6.61 Å². The molecule has 3 aromatic rings. The van der Waals surface area contributed by atoms with Gasteiger partial charge in [0.1, 0.15) is 5.88 Å². The van der Waals surface area contributed by atoms with Gasteiger partial charge in [-0.15, -0.1) is 11.6 Å². The Morgan fingerprint density at radius 3 is 1.35 bits per heavy atom. The van der Waals surface area contributed by atoms with Crippen LogP contribution >= 0.6 is 19.5 Å². The van der Waals surface area contributed by atoms with E-state index in [-0.39, 0.29) is 11.8 Å². The van der Waals surface area contributed by atoms with Crippen molar-refractivity contribution in [2.75, 3.05) is 12.5 Å². The minimum atomic E-state index is -0.446. The van der Waals surface area contributed by atoms with E-state index in [1.807, 2.05) is 0 Å². The Kier molecular flexibility index (Phi) is 8.89. The SMILES string of the molecule is CCOC(=O)CCl.c1ccc(P(c2ccccc2)c2ccccc2)cc1. The molecule has 0 atom stereocenters. The first kappa shape index (κ1) is 20.2. The number of hydrogen-bond donors (Lipinski definition) is 0. The zero-order valence-corrected chi connectivity index (χ0v) is 16.4. The van der Waals surface area contributed by atoms with Crippen LogP contribution in [0.3, 0.4) is 0 Å².